The number of pyridine rings is 1. The Bertz CT molecular complexity index is 878. The summed E-state index contributed by atoms with van der Waals surface area (Å²) in [5.41, 5.74) is 3.62. The van der Waals surface area contributed by atoms with Crippen molar-refractivity contribution in [2.45, 2.75) is 65.7 Å². The molecule has 32 heavy (non-hydrogen) atoms. The molecule has 1 aliphatic heterocycles. The van der Waals surface area contributed by atoms with Gasteiger partial charge in [-0.2, -0.15) is 0 Å². The summed E-state index contributed by atoms with van der Waals surface area (Å²) in [4.78, 5) is 17.5. The van der Waals surface area contributed by atoms with Gasteiger partial charge in [-0.3, -0.25) is 9.78 Å². The molecule has 3 rings (SSSR count). The molecular weight excluding hydrogens is 418 g/mol. The summed E-state index contributed by atoms with van der Waals surface area (Å²) in [7, 11) is -0.918. The van der Waals surface area contributed by atoms with E-state index in [2.05, 4.69) is 21.5 Å². The second kappa shape index (κ2) is 12.9. The van der Waals surface area contributed by atoms with Crippen molar-refractivity contribution in [3.63, 3.8) is 0 Å². The van der Waals surface area contributed by atoms with Gasteiger partial charge < -0.3 is 5.32 Å². The molecule has 0 saturated carbocycles. The summed E-state index contributed by atoms with van der Waals surface area (Å²) in [6.07, 6.45) is 5.52. The number of carbonyl (C=O) groups excluding carboxylic acids is 1. The topological polar surface area (TPSA) is 62.3 Å². The van der Waals surface area contributed by atoms with Crippen molar-refractivity contribution in [3.05, 3.63) is 65.0 Å². The van der Waals surface area contributed by atoms with Gasteiger partial charge in [0.05, 0.1) is 11.0 Å². The van der Waals surface area contributed by atoms with Crippen molar-refractivity contribution in [2.75, 3.05) is 25.4 Å². The highest BCUT2D eigenvalue weighted by molar-refractivity contribution is 7.82. The number of hydrogen-bond acceptors (Lipinski definition) is 3. The smallest absolute Gasteiger partial charge is 0.251 e. The van der Waals surface area contributed by atoms with Crippen LogP contribution in [0, 0.1) is 13.8 Å². The van der Waals surface area contributed by atoms with E-state index in [0.717, 1.165) is 66.9 Å². The monoisotopic (exact) mass is 457 g/mol. The highest BCUT2D eigenvalue weighted by Gasteiger charge is 2.39. The number of piperidine rings is 1. The van der Waals surface area contributed by atoms with Gasteiger partial charge in [-0.25, -0.2) is 8.51 Å². The highest BCUT2D eigenvalue weighted by atomic mass is 32.2. The maximum atomic E-state index is 12.9. The van der Waals surface area contributed by atoms with Gasteiger partial charge in [0.2, 0.25) is 0 Å². The van der Waals surface area contributed by atoms with Crippen LogP contribution in [0.15, 0.2) is 42.6 Å². The van der Waals surface area contributed by atoms with Gasteiger partial charge >= 0.3 is 0 Å². The Morgan fingerprint density at radius 2 is 1.88 bits per heavy atom. The first kappa shape index (κ1) is 26.2. The summed E-state index contributed by atoms with van der Waals surface area (Å²) < 4.78 is 14.7. The molecule has 5 nitrogen and oxygen atoms in total. The zero-order valence-corrected chi connectivity index (χ0v) is 21.1. The maximum absolute atomic E-state index is 12.9. The van der Waals surface area contributed by atoms with Crippen molar-refractivity contribution in [2.24, 2.45) is 0 Å². The van der Waals surface area contributed by atoms with Gasteiger partial charge in [-0.05, 0) is 56.9 Å². The molecule has 1 amide bonds. The summed E-state index contributed by atoms with van der Waals surface area (Å²) in [5.74, 6) is 0.688. The molecule has 2 heterocycles. The lowest BCUT2D eigenvalue weighted by Crippen LogP contribution is -2.50. The Labute approximate surface area is 196 Å². The quantitative estimate of drug-likeness (QED) is 0.610. The predicted molar refractivity (Wildman–Crippen MR) is 134 cm³/mol. The Kier molecular flexibility index (Phi) is 10.5. The molecule has 6 heteroatoms. The fourth-order valence-corrected chi connectivity index (χ4v) is 5.51. The summed E-state index contributed by atoms with van der Waals surface area (Å²) in [5, 5.41) is 3.17. The molecule has 1 N–H and O–H groups in total. The molecule has 0 radical (unpaired) electrons. The largest absolute Gasteiger partial charge is 0.351 e. The first-order valence-corrected chi connectivity index (χ1v) is 13.1. The number of nitrogens with zero attached hydrogens (tertiary/aromatic N) is 2. The zero-order chi connectivity index (χ0) is 23.6. The van der Waals surface area contributed by atoms with Crippen LogP contribution >= 0.6 is 0 Å². The van der Waals surface area contributed by atoms with Crippen LogP contribution < -0.4 is 5.32 Å². The van der Waals surface area contributed by atoms with Gasteiger partial charge in [0.25, 0.3) is 5.91 Å². The second-order valence-electron chi connectivity index (χ2n) is 8.30. The molecule has 2 aromatic rings. The fourth-order valence-electron chi connectivity index (χ4n) is 4.13. The van der Waals surface area contributed by atoms with E-state index in [9.17, 15) is 9.00 Å². The minimum Gasteiger partial charge on any atom is -0.351 e. The van der Waals surface area contributed by atoms with Crippen LogP contribution in [0.3, 0.4) is 0 Å². The van der Waals surface area contributed by atoms with Crippen molar-refractivity contribution in [3.8, 4) is 0 Å². The Morgan fingerprint density at radius 3 is 2.47 bits per heavy atom. The first-order chi connectivity index (χ1) is 15.4. The average molecular weight is 458 g/mol. The van der Waals surface area contributed by atoms with Crippen LogP contribution in [0.25, 0.3) is 0 Å². The van der Waals surface area contributed by atoms with E-state index in [1.165, 1.54) is 0 Å². The van der Waals surface area contributed by atoms with Crippen LogP contribution in [0.1, 0.15) is 73.6 Å². The number of aromatic nitrogens is 1. The molecule has 1 atom stereocenters. The second-order valence-corrected chi connectivity index (χ2v) is 9.87. The van der Waals surface area contributed by atoms with E-state index in [1.54, 1.807) is 0 Å². The lowest BCUT2D eigenvalue weighted by Gasteiger charge is -2.41. The van der Waals surface area contributed by atoms with Crippen LogP contribution in [0.4, 0.5) is 0 Å². The number of unbranched alkanes of at least 4 members (excludes halogenated alkanes) is 1. The number of nitrogens with one attached hydrogen (secondary N) is 1. The van der Waals surface area contributed by atoms with Crippen molar-refractivity contribution < 1.29 is 9.00 Å². The van der Waals surface area contributed by atoms with E-state index in [4.69, 9.17) is 0 Å². The van der Waals surface area contributed by atoms with Gasteiger partial charge in [0.15, 0.2) is 0 Å². The third-order valence-electron chi connectivity index (χ3n) is 6.06. The molecule has 0 spiro atoms. The van der Waals surface area contributed by atoms with Crippen LogP contribution in [0.2, 0.25) is 0 Å². The van der Waals surface area contributed by atoms with Crippen LogP contribution in [-0.4, -0.2) is 44.8 Å². The van der Waals surface area contributed by atoms with Crippen molar-refractivity contribution in [1.29, 1.82) is 0 Å². The number of hydrogen-bond donors (Lipinski definition) is 1. The first-order valence-electron chi connectivity index (χ1n) is 11.9. The predicted octanol–water partition coefficient (Wildman–Crippen LogP) is 4.95. The Balaban J connectivity index is 0.00000176. The number of carbonyl (C=O) groups is 1. The summed E-state index contributed by atoms with van der Waals surface area (Å²) in [6, 6.07) is 11.9. The number of aryl methyl sites for hydroxylation is 2. The lowest BCUT2D eigenvalue weighted by molar-refractivity contribution is 0.0932. The molecule has 1 aromatic carbocycles. The number of benzene rings is 1. The van der Waals surface area contributed by atoms with Crippen LogP contribution in [-0.2, 0) is 16.4 Å². The third-order valence-corrected chi connectivity index (χ3v) is 7.64. The molecule has 0 bridgehead atoms. The fraction of sp³-hybridized carbons (Fsp3) is 0.538. The minimum absolute atomic E-state index is 0.0447. The van der Waals surface area contributed by atoms with E-state index < -0.39 is 11.0 Å². The standard InChI is InChI=1S/C24H33N3O2S.C2H6/c1-4-5-16-30(29)27-14-11-24(12-15-27,22-8-6-7-13-25-22)18-26-23(28)21-10-9-19(2)17-20(21)3;1-2/h6-10,13,17H,4-5,11-12,14-16,18H2,1-3H3,(H,26,28);1-2H3. The number of rotatable bonds is 8. The zero-order valence-electron chi connectivity index (χ0n) is 20.3. The highest BCUT2D eigenvalue weighted by Crippen LogP contribution is 2.34. The SMILES string of the molecule is CC.CCCCS(=O)N1CCC(CNC(=O)c2ccc(C)cc2C)(c2ccccn2)CC1. The van der Waals surface area contributed by atoms with E-state index in [0.29, 0.717) is 6.54 Å². The molecule has 1 fully saturated rings. The van der Waals surface area contributed by atoms with E-state index in [-0.39, 0.29) is 11.3 Å². The van der Waals surface area contributed by atoms with Gasteiger partial charge in [-0.1, -0.05) is 51.0 Å². The molecule has 0 aliphatic carbocycles. The van der Waals surface area contributed by atoms with Crippen molar-refractivity contribution >= 4 is 16.9 Å². The summed E-state index contributed by atoms with van der Waals surface area (Å²) >= 11 is 0. The normalized spacial score (nSPS) is 16.5. The maximum Gasteiger partial charge on any atom is 0.251 e. The minimum atomic E-state index is -0.918. The summed E-state index contributed by atoms with van der Waals surface area (Å²) in [6.45, 7) is 12.2. The molecular formula is C26H39N3O2S. The molecule has 1 saturated heterocycles. The van der Waals surface area contributed by atoms with Gasteiger partial charge in [-0.15, -0.1) is 0 Å². The Morgan fingerprint density at radius 1 is 1.16 bits per heavy atom. The van der Waals surface area contributed by atoms with Gasteiger partial charge in [0, 0.05) is 48.3 Å². The molecule has 1 unspecified atom stereocenters. The average Bonchev–Trinajstić information content (AvgIpc) is 2.83. The van der Waals surface area contributed by atoms with E-state index in [1.807, 2.05) is 70.3 Å². The molecule has 1 aliphatic rings. The number of amides is 1. The van der Waals surface area contributed by atoms with Crippen LogP contribution in [0.5, 0.6) is 0 Å². The Hall–Kier alpha value is -2.05. The van der Waals surface area contributed by atoms with E-state index >= 15 is 0 Å². The molecule has 1 aromatic heterocycles. The molecule has 176 valence electrons. The lowest BCUT2D eigenvalue weighted by atomic mass is 9.75. The third kappa shape index (κ3) is 6.72. The van der Waals surface area contributed by atoms with Gasteiger partial charge in [0.1, 0.15) is 0 Å². The van der Waals surface area contributed by atoms with Crippen molar-refractivity contribution in [1.82, 2.24) is 14.6 Å².